The van der Waals surface area contributed by atoms with Gasteiger partial charge in [0, 0.05) is 6.54 Å². The highest BCUT2D eigenvalue weighted by Crippen LogP contribution is 2.25. The second-order valence-corrected chi connectivity index (χ2v) is 6.41. The summed E-state index contributed by atoms with van der Waals surface area (Å²) >= 11 is 0. The minimum atomic E-state index is 0.647. The molecule has 1 aromatic carbocycles. The molecule has 108 valence electrons. The summed E-state index contributed by atoms with van der Waals surface area (Å²) in [6, 6.07) is 9.02. The molecule has 19 heavy (non-hydrogen) atoms. The predicted molar refractivity (Wildman–Crippen MR) is 85.7 cm³/mol. The minimum absolute atomic E-state index is 0.647. The average Bonchev–Trinajstić information content (AvgIpc) is 2.37. The lowest BCUT2D eigenvalue weighted by Gasteiger charge is -2.22. The molecule has 1 aromatic rings. The zero-order valence-corrected chi connectivity index (χ0v) is 13.4. The molecule has 0 fully saturated rings. The summed E-state index contributed by atoms with van der Waals surface area (Å²) in [6.07, 6.45) is 2.55. The van der Waals surface area contributed by atoms with E-state index in [2.05, 4.69) is 64.2 Å². The molecule has 1 heteroatoms. The van der Waals surface area contributed by atoms with Crippen LogP contribution in [0, 0.1) is 18.8 Å². The van der Waals surface area contributed by atoms with E-state index in [9.17, 15) is 0 Å². The lowest BCUT2D eigenvalue weighted by Crippen LogP contribution is -2.26. The van der Waals surface area contributed by atoms with E-state index in [1.54, 1.807) is 0 Å². The molecule has 1 rings (SSSR count). The van der Waals surface area contributed by atoms with Crippen LogP contribution in [0.15, 0.2) is 24.3 Å². The van der Waals surface area contributed by atoms with Crippen molar-refractivity contribution in [1.29, 1.82) is 0 Å². The molecule has 0 saturated carbocycles. The summed E-state index contributed by atoms with van der Waals surface area (Å²) in [5.74, 6) is 2.17. The van der Waals surface area contributed by atoms with Crippen LogP contribution in [-0.2, 0) is 0 Å². The number of hydrogen-bond donors (Lipinski definition) is 1. The van der Waals surface area contributed by atoms with Crippen molar-refractivity contribution < 1.29 is 0 Å². The van der Waals surface area contributed by atoms with Gasteiger partial charge in [0.25, 0.3) is 0 Å². The molecule has 1 nitrogen and oxygen atoms in total. The van der Waals surface area contributed by atoms with Crippen LogP contribution < -0.4 is 5.32 Å². The van der Waals surface area contributed by atoms with Crippen molar-refractivity contribution >= 4 is 0 Å². The van der Waals surface area contributed by atoms with Crippen molar-refractivity contribution in [3.05, 3.63) is 35.4 Å². The molecular formula is C18H31N. The SMILES string of the molecule is CCC(C)CC(CNCC(C)C)c1cccc(C)c1. The fourth-order valence-electron chi connectivity index (χ4n) is 2.46. The Kier molecular flexibility index (Phi) is 7.15. The number of benzene rings is 1. The van der Waals surface area contributed by atoms with E-state index in [1.807, 2.05) is 0 Å². The molecule has 0 saturated heterocycles. The molecule has 0 aliphatic rings. The third-order valence-electron chi connectivity index (χ3n) is 3.84. The molecule has 0 aromatic heterocycles. The smallest absolute Gasteiger partial charge is 0.00203 e. The van der Waals surface area contributed by atoms with Gasteiger partial charge in [-0.2, -0.15) is 0 Å². The van der Waals surface area contributed by atoms with Gasteiger partial charge in [-0.25, -0.2) is 0 Å². The average molecular weight is 261 g/mol. The van der Waals surface area contributed by atoms with E-state index >= 15 is 0 Å². The zero-order valence-electron chi connectivity index (χ0n) is 13.4. The maximum absolute atomic E-state index is 3.63. The zero-order chi connectivity index (χ0) is 14.3. The normalized spacial score (nSPS) is 14.6. The lowest BCUT2D eigenvalue weighted by molar-refractivity contribution is 0.425. The first-order valence-corrected chi connectivity index (χ1v) is 7.80. The second-order valence-electron chi connectivity index (χ2n) is 6.41. The summed E-state index contributed by atoms with van der Waals surface area (Å²) in [5.41, 5.74) is 2.87. The van der Waals surface area contributed by atoms with E-state index in [0.717, 1.165) is 24.9 Å². The molecule has 0 heterocycles. The van der Waals surface area contributed by atoms with Gasteiger partial charge in [0.2, 0.25) is 0 Å². The Labute approximate surface area is 119 Å². The van der Waals surface area contributed by atoms with E-state index in [0.29, 0.717) is 5.92 Å². The van der Waals surface area contributed by atoms with E-state index in [4.69, 9.17) is 0 Å². The third kappa shape index (κ3) is 6.24. The van der Waals surface area contributed by atoms with Gasteiger partial charge in [-0.1, -0.05) is 63.9 Å². The van der Waals surface area contributed by atoms with Crippen LogP contribution in [0.4, 0.5) is 0 Å². The van der Waals surface area contributed by atoms with Gasteiger partial charge in [0.05, 0.1) is 0 Å². The van der Waals surface area contributed by atoms with Crippen LogP contribution in [0.25, 0.3) is 0 Å². The monoisotopic (exact) mass is 261 g/mol. The number of nitrogens with one attached hydrogen (secondary N) is 1. The Morgan fingerprint density at radius 1 is 1.11 bits per heavy atom. The van der Waals surface area contributed by atoms with Crippen LogP contribution in [0.3, 0.4) is 0 Å². The van der Waals surface area contributed by atoms with Crippen LogP contribution in [0.1, 0.15) is 57.6 Å². The van der Waals surface area contributed by atoms with Crippen molar-refractivity contribution in [2.24, 2.45) is 11.8 Å². The van der Waals surface area contributed by atoms with E-state index < -0.39 is 0 Å². The first-order chi connectivity index (χ1) is 9.02. The topological polar surface area (TPSA) is 12.0 Å². The van der Waals surface area contributed by atoms with E-state index in [-0.39, 0.29) is 0 Å². The lowest BCUT2D eigenvalue weighted by atomic mass is 9.87. The first-order valence-electron chi connectivity index (χ1n) is 7.80. The Morgan fingerprint density at radius 3 is 2.42 bits per heavy atom. The molecule has 0 bridgehead atoms. The molecule has 2 atom stereocenters. The Balaban J connectivity index is 2.68. The molecule has 0 radical (unpaired) electrons. The molecule has 0 spiro atoms. The molecule has 1 N–H and O–H groups in total. The van der Waals surface area contributed by atoms with Crippen molar-refractivity contribution in [2.45, 2.75) is 53.4 Å². The number of aryl methyl sites for hydroxylation is 1. The van der Waals surface area contributed by atoms with Gasteiger partial charge < -0.3 is 5.32 Å². The Morgan fingerprint density at radius 2 is 1.84 bits per heavy atom. The van der Waals surface area contributed by atoms with Gasteiger partial charge in [0.1, 0.15) is 0 Å². The second kappa shape index (κ2) is 8.37. The largest absolute Gasteiger partial charge is 0.316 e. The van der Waals surface area contributed by atoms with Crippen molar-refractivity contribution in [3.63, 3.8) is 0 Å². The fourth-order valence-corrected chi connectivity index (χ4v) is 2.46. The highest BCUT2D eigenvalue weighted by atomic mass is 14.9. The first kappa shape index (κ1) is 16.2. The number of rotatable bonds is 8. The Bertz CT molecular complexity index is 356. The quantitative estimate of drug-likeness (QED) is 0.711. The standard InChI is InChI=1S/C18H31N/c1-6-15(4)10-18(13-19-12-14(2)3)17-9-7-8-16(5)11-17/h7-9,11,14-15,18-19H,6,10,12-13H2,1-5H3. The fraction of sp³-hybridized carbons (Fsp3) is 0.667. The van der Waals surface area contributed by atoms with Crippen LogP contribution in [0.2, 0.25) is 0 Å². The van der Waals surface area contributed by atoms with Crippen molar-refractivity contribution in [2.75, 3.05) is 13.1 Å². The van der Waals surface area contributed by atoms with E-state index in [1.165, 1.54) is 24.0 Å². The highest BCUT2D eigenvalue weighted by molar-refractivity contribution is 5.25. The molecule has 0 amide bonds. The van der Waals surface area contributed by atoms with Crippen molar-refractivity contribution in [3.8, 4) is 0 Å². The van der Waals surface area contributed by atoms with Crippen LogP contribution in [0.5, 0.6) is 0 Å². The van der Waals surface area contributed by atoms with Gasteiger partial charge >= 0.3 is 0 Å². The minimum Gasteiger partial charge on any atom is -0.316 e. The van der Waals surface area contributed by atoms with Crippen molar-refractivity contribution in [1.82, 2.24) is 5.32 Å². The van der Waals surface area contributed by atoms with Gasteiger partial charge in [-0.3, -0.25) is 0 Å². The molecule has 0 aliphatic heterocycles. The van der Waals surface area contributed by atoms with Gasteiger partial charge in [-0.05, 0) is 43.2 Å². The molecule has 2 unspecified atom stereocenters. The van der Waals surface area contributed by atoms with Gasteiger partial charge in [0.15, 0.2) is 0 Å². The molecule has 0 aliphatic carbocycles. The maximum Gasteiger partial charge on any atom is 0.00203 e. The summed E-state index contributed by atoms with van der Waals surface area (Å²) in [4.78, 5) is 0. The summed E-state index contributed by atoms with van der Waals surface area (Å²) in [6.45, 7) is 13.6. The third-order valence-corrected chi connectivity index (χ3v) is 3.84. The predicted octanol–water partition coefficient (Wildman–Crippen LogP) is 4.76. The summed E-state index contributed by atoms with van der Waals surface area (Å²) in [7, 11) is 0. The number of hydrogen-bond acceptors (Lipinski definition) is 1. The molecular weight excluding hydrogens is 230 g/mol. The van der Waals surface area contributed by atoms with Crippen LogP contribution >= 0.6 is 0 Å². The van der Waals surface area contributed by atoms with Crippen LogP contribution in [-0.4, -0.2) is 13.1 Å². The summed E-state index contributed by atoms with van der Waals surface area (Å²) < 4.78 is 0. The highest BCUT2D eigenvalue weighted by Gasteiger charge is 2.14. The maximum atomic E-state index is 3.63. The summed E-state index contributed by atoms with van der Waals surface area (Å²) in [5, 5.41) is 3.63. The van der Waals surface area contributed by atoms with Gasteiger partial charge in [-0.15, -0.1) is 0 Å². The Hall–Kier alpha value is -0.820.